The Kier molecular flexibility index (Phi) is 4.49. The van der Waals surface area contributed by atoms with Crippen LogP contribution in [0.5, 0.6) is 0 Å². The molecule has 1 aromatic rings. The molecule has 0 spiro atoms. The quantitative estimate of drug-likeness (QED) is 0.782. The number of likely N-dealkylation sites (tertiary alicyclic amines) is 1. The third-order valence-corrected chi connectivity index (χ3v) is 3.55. The van der Waals surface area contributed by atoms with Crippen LogP contribution in [0.25, 0.3) is 0 Å². The second-order valence-electron chi connectivity index (χ2n) is 4.56. The Morgan fingerprint density at radius 1 is 1.44 bits per heavy atom. The zero-order chi connectivity index (χ0) is 13.1. The van der Waals surface area contributed by atoms with E-state index in [1.807, 2.05) is 7.05 Å². The summed E-state index contributed by atoms with van der Waals surface area (Å²) in [5, 5.41) is 0.839. The van der Waals surface area contributed by atoms with Gasteiger partial charge in [-0.2, -0.15) is 0 Å². The van der Waals surface area contributed by atoms with E-state index in [1.165, 1.54) is 0 Å². The molecule has 1 aliphatic heterocycles. The summed E-state index contributed by atoms with van der Waals surface area (Å²) in [7, 11) is 2.02. The number of rotatable bonds is 2. The smallest absolute Gasteiger partial charge is 0.339 e. The zero-order valence-electron chi connectivity index (χ0n) is 10.2. The lowest BCUT2D eigenvalue weighted by molar-refractivity contribution is 0.0109. The minimum Gasteiger partial charge on any atom is -0.457 e. The summed E-state index contributed by atoms with van der Waals surface area (Å²) < 4.78 is 5.46. The molecule has 1 saturated heterocycles. The minimum absolute atomic E-state index is 0.0528. The summed E-state index contributed by atoms with van der Waals surface area (Å²) in [5.74, 6) is -0.378. The summed E-state index contributed by atoms with van der Waals surface area (Å²) in [6.07, 6.45) is 1.90. The van der Waals surface area contributed by atoms with Crippen molar-refractivity contribution in [3.05, 3.63) is 33.8 Å². The Balaban J connectivity index is 2.03. The Bertz CT molecular complexity index is 451. The van der Waals surface area contributed by atoms with Crippen LogP contribution in [0.4, 0.5) is 0 Å². The van der Waals surface area contributed by atoms with Crippen LogP contribution < -0.4 is 0 Å². The number of benzene rings is 1. The normalized spacial score (nSPS) is 20.7. The van der Waals surface area contributed by atoms with Gasteiger partial charge in [-0.3, -0.25) is 0 Å². The predicted molar refractivity (Wildman–Crippen MR) is 72.4 cm³/mol. The van der Waals surface area contributed by atoms with Crippen molar-refractivity contribution in [3.8, 4) is 0 Å². The molecular formula is C13H15Cl2NO2. The fourth-order valence-electron chi connectivity index (χ4n) is 2.09. The topological polar surface area (TPSA) is 29.5 Å². The summed E-state index contributed by atoms with van der Waals surface area (Å²) in [6, 6.07) is 4.78. The molecule has 18 heavy (non-hydrogen) atoms. The summed E-state index contributed by atoms with van der Waals surface area (Å²) in [5.41, 5.74) is 0.370. The van der Waals surface area contributed by atoms with Crippen molar-refractivity contribution in [1.82, 2.24) is 4.90 Å². The highest BCUT2D eigenvalue weighted by Gasteiger charge is 2.22. The molecule has 0 saturated carbocycles. The van der Waals surface area contributed by atoms with E-state index in [0.29, 0.717) is 15.6 Å². The Morgan fingerprint density at radius 2 is 2.22 bits per heavy atom. The molecule has 1 aromatic carbocycles. The van der Waals surface area contributed by atoms with Crippen molar-refractivity contribution in [3.63, 3.8) is 0 Å². The van der Waals surface area contributed by atoms with E-state index in [2.05, 4.69) is 4.90 Å². The number of hydrogen-bond acceptors (Lipinski definition) is 3. The maximum atomic E-state index is 12.0. The Labute approximate surface area is 117 Å². The summed E-state index contributed by atoms with van der Waals surface area (Å²) >= 11 is 11.8. The fourth-order valence-corrected chi connectivity index (χ4v) is 2.57. The van der Waals surface area contributed by atoms with Crippen molar-refractivity contribution in [2.75, 3.05) is 20.1 Å². The number of carbonyl (C=O) groups excluding carboxylic acids is 1. The van der Waals surface area contributed by atoms with Gasteiger partial charge in [-0.15, -0.1) is 0 Å². The van der Waals surface area contributed by atoms with Crippen molar-refractivity contribution < 1.29 is 9.53 Å². The van der Waals surface area contributed by atoms with Crippen LogP contribution in [0, 0.1) is 0 Å². The average molecular weight is 288 g/mol. The van der Waals surface area contributed by atoms with Crippen LogP contribution in [-0.4, -0.2) is 37.1 Å². The first-order valence-corrected chi connectivity index (χ1v) is 6.66. The monoisotopic (exact) mass is 287 g/mol. The molecule has 0 amide bonds. The number of likely N-dealkylation sites (N-methyl/N-ethyl adjacent to an activating group) is 1. The number of halogens is 2. The first-order valence-electron chi connectivity index (χ1n) is 5.91. The first kappa shape index (κ1) is 13.7. The maximum Gasteiger partial charge on any atom is 0.339 e. The van der Waals surface area contributed by atoms with Gasteiger partial charge in [-0.1, -0.05) is 23.2 Å². The molecule has 1 fully saturated rings. The van der Waals surface area contributed by atoms with Gasteiger partial charge in [0.05, 0.1) is 10.6 Å². The van der Waals surface area contributed by atoms with Crippen LogP contribution in [0.2, 0.25) is 10.0 Å². The van der Waals surface area contributed by atoms with Gasteiger partial charge in [0.2, 0.25) is 0 Å². The molecule has 0 radical (unpaired) electrons. The average Bonchev–Trinajstić information content (AvgIpc) is 2.28. The van der Waals surface area contributed by atoms with Crippen molar-refractivity contribution in [1.29, 1.82) is 0 Å². The lowest BCUT2D eigenvalue weighted by atomic mass is 10.1. The standard InChI is InChI=1S/C13H15Cl2NO2/c1-16-6-2-3-10(8-16)18-13(17)11-5-4-9(14)7-12(11)15/h4-5,7,10H,2-3,6,8H2,1H3. The third-order valence-electron chi connectivity index (χ3n) is 3.01. The lowest BCUT2D eigenvalue weighted by Gasteiger charge is -2.29. The van der Waals surface area contributed by atoms with E-state index >= 15 is 0 Å². The molecule has 5 heteroatoms. The molecule has 0 aromatic heterocycles. The van der Waals surface area contributed by atoms with Crippen LogP contribution in [0.3, 0.4) is 0 Å². The Hall–Kier alpha value is -0.770. The third kappa shape index (κ3) is 3.37. The number of ether oxygens (including phenoxy) is 1. The van der Waals surface area contributed by atoms with E-state index in [0.717, 1.165) is 25.9 Å². The molecule has 0 N–H and O–H groups in total. The second kappa shape index (κ2) is 5.91. The highest BCUT2D eigenvalue weighted by Crippen LogP contribution is 2.23. The summed E-state index contributed by atoms with van der Waals surface area (Å²) in [4.78, 5) is 14.1. The largest absolute Gasteiger partial charge is 0.457 e. The van der Waals surface area contributed by atoms with E-state index < -0.39 is 0 Å². The van der Waals surface area contributed by atoms with Gasteiger partial charge in [0, 0.05) is 11.6 Å². The molecule has 0 bridgehead atoms. The molecule has 1 atom stereocenters. The minimum atomic E-state index is -0.378. The van der Waals surface area contributed by atoms with Gasteiger partial charge in [0.25, 0.3) is 0 Å². The van der Waals surface area contributed by atoms with Gasteiger partial charge >= 0.3 is 5.97 Å². The zero-order valence-corrected chi connectivity index (χ0v) is 11.7. The first-order chi connectivity index (χ1) is 8.56. The van der Waals surface area contributed by atoms with Crippen molar-refractivity contribution in [2.45, 2.75) is 18.9 Å². The molecule has 2 rings (SSSR count). The van der Waals surface area contributed by atoms with Crippen molar-refractivity contribution in [2.24, 2.45) is 0 Å². The highest BCUT2D eigenvalue weighted by molar-refractivity contribution is 6.36. The number of carbonyl (C=O) groups is 1. The predicted octanol–water partition coefficient (Wildman–Crippen LogP) is 3.24. The van der Waals surface area contributed by atoms with E-state index in [9.17, 15) is 4.79 Å². The highest BCUT2D eigenvalue weighted by atomic mass is 35.5. The van der Waals surface area contributed by atoms with Gasteiger partial charge in [0.1, 0.15) is 6.10 Å². The molecular weight excluding hydrogens is 273 g/mol. The molecule has 1 unspecified atom stereocenters. The van der Waals surface area contributed by atoms with E-state index in [-0.39, 0.29) is 12.1 Å². The van der Waals surface area contributed by atoms with Gasteiger partial charge in [0.15, 0.2) is 0 Å². The number of hydrogen-bond donors (Lipinski definition) is 0. The van der Waals surface area contributed by atoms with Crippen LogP contribution in [0.1, 0.15) is 23.2 Å². The van der Waals surface area contributed by atoms with E-state index in [4.69, 9.17) is 27.9 Å². The molecule has 98 valence electrons. The lowest BCUT2D eigenvalue weighted by Crippen LogP contribution is -2.38. The molecule has 3 nitrogen and oxygen atoms in total. The van der Waals surface area contributed by atoms with Crippen LogP contribution >= 0.6 is 23.2 Å². The number of piperidine rings is 1. The van der Waals surface area contributed by atoms with Gasteiger partial charge < -0.3 is 9.64 Å². The van der Waals surface area contributed by atoms with Gasteiger partial charge in [-0.05, 0) is 44.6 Å². The van der Waals surface area contributed by atoms with Crippen LogP contribution in [-0.2, 0) is 4.74 Å². The fraction of sp³-hybridized carbons (Fsp3) is 0.462. The van der Waals surface area contributed by atoms with Gasteiger partial charge in [-0.25, -0.2) is 4.79 Å². The molecule has 1 heterocycles. The summed E-state index contributed by atoms with van der Waals surface area (Å²) in [6.45, 7) is 1.83. The van der Waals surface area contributed by atoms with Crippen LogP contribution in [0.15, 0.2) is 18.2 Å². The van der Waals surface area contributed by atoms with Crippen molar-refractivity contribution >= 4 is 29.2 Å². The maximum absolute atomic E-state index is 12.0. The SMILES string of the molecule is CN1CCCC(OC(=O)c2ccc(Cl)cc2Cl)C1. The number of esters is 1. The molecule has 1 aliphatic rings. The number of nitrogens with zero attached hydrogens (tertiary/aromatic N) is 1. The molecule has 0 aliphatic carbocycles. The second-order valence-corrected chi connectivity index (χ2v) is 5.40. The Morgan fingerprint density at radius 3 is 2.89 bits per heavy atom. The van der Waals surface area contributed by atoms with E-state index in [1.54, 1.807) is 18.2 Å².